The summed E-state index contributed by atoms with van der Waals surface area (Å²) in [4.78, 5) is 50.9. The van der Waals surface area contributed by atoms with Gasteiger partial charge in [-0.1, -0.05) is 50.1 Å². The Morgan fingerprint density at radius 3 is 2.53 bits per heavy atom. The largest absolute Gasteiger partial charge is 0.349 e. The number of hydrogen-bond donors (Lipinski definition) is 2. The monoisotopic (exact) mass is 529 g/mol. The molecule has 0 aliphatic heterocycles. The normalized spacial score (nSPS) is 11.7. The molecule has 0 unspecified atom stereocenters. The second-order valence-corrected chi connectivity index (χ2v) is 9.86. The summed E-state index contributed by atoms with van der Waals surface area (Å²) in [6.45, 7) is 2.13. The number of carbonyl (C=O) groups is 3. The van der Waals surface area contributed by atoms with Gasteiger partial charge in [0.05, 0.1) is 23.3 Å². The summed E-state index contributed by atoms with van der Waals surface area (Å²) in [6.07, 6.45) is 7.03. The minimum atomic E-state index is -0.714. The number of Topliss-reactive ketones (excluding diaryl/α,β-unsaturated/α-hetero) is 1. The third kappa shape index (κ3) is 7.52. The van der Waals surface area contributed by atoms with E-state index in [0.29, 0.717) is 42.3 Å². The van der Waals surface area contributed by atoms with E-state index >= 15 is 0 Å². The highest BCUT2D eigenvalue weighted by atomic mass is 32.1. The molecule has 2 heterocycles. The van der Waals surface area contributed by atoms with E-state index in [1.807, 2.05) is 42.6 Å². The molecule has 4 aromatic rings. The van der Waals surface area contributed by atoms with Crippen LogP contribution in [0.4, 0.5) is 0 Å². The fraction of sp³-hybridized carbons (Fsp3) is 0.310. The van der Waals surface area contributed by atoms with E-state index in [0.717, 1.165) is 29.1 Å². The molecule has 2 aromatic carbocycles. The van der Waals surface area contributed by atoms with E-state index in [1.165, 1.54) is 11.3 Å². The molecule has 0 aliphatic carbocycles. The van der Waals surface area contributed by atoms with Crippen LogP contribution >= 0.6 is 11.3 Å². The number of rotatable bonds is 13. The molecule has 8 nitrogen and oxygen atoms in total. The molecule has 1 atom stereocenters. The zero-order valence-electron chi connectivity index (χ0n) is 21.4. The summed E-state index contributed by atoms with van der Waals surface area (Å²) in [6, 6.07) is 14.3. The average molecular weight is 530 g/mol. The summed E-state index contributed by atoms with van der Waals surface area (Å²) in [7, 11) is 0. The van der Waals surface area contributed by atoms with Crippen LogP contribution in [-0.2, 0) is 16.1 Å². The van der Waals surface area contributed by atoms with Gasteiger partial charge in [0, 0.05) is 41.7 Å². The van der Waals surface area contributed by atoms with Gasteiger partial charge in [-0.25, -0.2) is 4.98 Å². The molecule has 4 rings (SSSR count). The first-order chi connectivity index (χ1) is 18.5. The van der Waals surface area contributed by atoms with Crippen molar-refractivity contribution in [2.45, 2.75) is 58.0 Å². The zero-order valence-corrected chi connectivity index (χ0v) is 22.2. The molecule has 0 saturated heterocycles. The van der Waals surface area contributed by atoms with Gasteiger partial charge >= 0.3 is 0 Å². The number of amides is 2. The third-order valence-electron chi connectivity index (χ3n) is 6.21. The summed E-state index contributed by atoms with van der Waals surface area (Å²) < 4.78 is 0. The lowest BCUT2D eigenvalue weighted by atomic mass is 10.0. The van der Waals surface area contributed by atoms with Crippen LogP contribution in [0.1, 0.15) is 61.5 Å². The van der Waals surface area contributed by atoms with Crippen molar-refractivity contribution in [2.75, 3.05) is 0 Å². The fourth-order valence-corrected chi connectivity index (χ4v) is 4.87. The molecule has 0 aliphatic rings. The van der Waals surface area contributed by atoms with E-state index in [9.17, 15) is 14.4 Å². The molecule has 2 N–H and O–H groups in total. The Morgan fingerprint density at radius 2 is 1.74 bits per heavy atom. The number of fused-ring (bicyclic) bond motifs is 1. The Kier molecular flexibility index (Phi) is 9.64. The second-order valence-electron chi connectivity index (χ2n) is 9.01. The maximum absolute atomic E-state index is 13.2. The van der Waals surface area contributed by atoms with Crippen LogP contribution < -0.4 is 10.6 Å². The molecule has 196 valence electrons. The first kappa shape index (κ1) is 27.1. The first-order valence-corrected chi connectivity index (χ1v) is 13.7. The molecule has 9 heteroatoms. The van der Waals surface area contributed by atoms with Crippen LogP contribution in [-0.4, -0.2) is 38.6 Å². The number of aromatic nitrogens is 3. The maximum Gasteiger partial charge on any atom is 0.252 e. The number of ketones is 1. The van der Waals surface area contributed by atoms with Gasteiger partial charge in [0.2, 0.25) is 5.91 Å². The minimum Gasteiger partial charge on any atom is -0.349 e. The molecule has 0 bridgehead atoms. The molecular weight excluding hydrogens is 498 g/mol. The molecular formula is C29H31N5O3S. The summed E-state index contributed by atoms with van der Waals surface area (Å²) >= 11 is 1.52. The van der Waals surface area contributed by atoms with Gasteiger partial charge in [0.1, 0.15) is 16.8 Å². The molecule has 2 aromatic heterocycles. The van der Waals surface area contributed by atoms with Crippen molar-refractivity contribution in [3.8, 4) is 10.6 Å². The van der Waals surface area contributed by atoms with E-state index in [2.05, 4.69) is 25.6 Å². The lowest BCUT2D eigenvalue weighted by molar-refractivity contribution is -0.123. The van der Waals surface area contributed by atoms with Crippen molar-refractivity contribution in [3.05, 3.63) is 77.6 Å². The molecule has 0 radical (unpaired) electrons. The van der Waals surface area contributed by atoms with Crippen molar-refractivity contribution in [2.24, 2.45) is 0 Å². The van der Waals surface area contributed by atoms with Gasteiger partial charge < -0.3 is 10.6 Å². The lowest BCUT2D eigenvalue weighted by Crippen LogP contribution is -2.46. The molecule has 38 heavy (non-hydrogen) atoms. The number of thiazole rings is 1. The van der Waals surface area contributed by atoms with Crippen molar-refractivity contribution in [1.29, 1.82) is 0 Å². The summed E-state index contributed by atoms with van der Waals surface area (Å²) in [5, 5.41) is 8.64. The number of hydrogen-bond acceptors (Lipinski definition) is 7. The van der Waals surface area contributed by atoms with Gasteiger partial charge in [-0.15, -0.1) is 11.3 Å². The Bertz CT molecular complexity index is 1390. The van der Waals surface area contributed by atoms with E-state index in [1.54, 1.807) is 30.6 Å². The number of unbranched alkanes of at least 4 members (excludes halogenated alkanes) is 2. The van der Waals surface area contributed by atoms with Crippen molar-refractivity contribution in [3.63, 3.8) is 0 Å². The Balaban J connectivity index is 1.39. The molecule has 0 spiro atoms. The summed E-state index contributed by atoms with van der Waals surface area (Å²) in [5.41, 5.74) is 3.51. The average Bonchev–Trinajstić information content (AvgIpc) is 3.44. The standard InChI is InChI=1S/C29H31N5O3S/c1-2-23(35)11-7-4-8-12-25(34-27(36)21-13-14-24-26(17-21)31-16-15-30-24)28(37)32-18-22-19-38-29(33-22)20-9-5-3-6-10-20/h3,5-6,9-10,13-17,19,25H,2,4,7-8,11-12,18H2,1H3,(H,32,37)(H,34,36)/t25-/m0/s1. The van der Waals surface area contributed by atoms with Crippen LogP contribution in [0.5, 0.6) is 0 Å². The van der Waals surface area contributed by atoms with Crippen LogP contribution in [0.25, 0.3) is 21.6 Å². The predicted molar refractivity (Wildman–Crippen MR) is 149 cm³/mol. The zero-order chi connectivity index (χ0) is 26.7. The SMILES string of the molecule is CCC(=O)CCCCC[C@H](NC(=O)c1ccc2nccnc2c1)C(=O)NCc1csc(-c2ccccc2)n1. The van der Waals surface area contributed by atoms with E-state index in [-0.39, 0.29) is 24.1 Å². The van der Waals surface area contributed by atoms with Crippen molar-refractivity contribution >= 4 is 40.0 Å². The van der Waals surface area contributed by atoms with E-state index < -0.39 is 6.04 Å². The highest BCUT2D eigenvalue weighted by Gasteiger charge is 2.22. The predicted octanol–water partition coefficient (Wildman–Crippen LogP) is 5.10. The number of nitrogens with zero attached hydrogens (tertiary/aromatic N) is 3. The quantitative estimate of drug-likeness (QED) is 0.233. The fourth-order valence-electron chi connectivity index (χ4n) is 4.04. The summed E-state index contributed by atoms with van der Waals surface area (Å²) in [5.74, 6) is -0.373. The number of carbonyl (C=O) groups excluding carboxylic acids is 3. The van der Waals surface area contributed by atoms with Crippen LogP contribution in [0.15, 0.2) is 66.3 Å². The Hall–Kier alpha value is -3.98. The Morgan fingerprint density at radius 1 is 0.947 bits per heavy atom. The molecule has 2 amide bonds. The van der Waals surface area contributed by atoms with Gasteiger partial charge in [0.15, 0.2) is 0 Å². The van der Waals surface area contributed by atoms with Crippen LogP contribution in [0.2, 0.25) is 0 Å². The number of nitrogens with one attached hydrogen (secondary N) is 2. The van der Waals surface area contributed by atoms with Crippen LogP contribution in [0, 0.1) is 0 Å². The van der Waals surface area contributed by atoms with Crippen LogP contribution in [0.3, 0.4) is 0 Å². The lowest BCUT2D eigenvalue weighted by Gasteiger charge is -2.18. The molecule has 0 saturated carbocycles. The van der Waals surface area contributed by atoms with Gasteiger partial charge in [-0.3, -0.25) is 24.4 Å². The molecule has 0 fully saturated rings. The maximum atomic E-state index is 13.2. The van der Waals surface area contributed by atoms with E-state index in [4.69, 9.17) is 0 Å². The Labute approximate surface area is 225 Å². The van der Waals surface area contributed by atoms with Crippen molar-refractivity contribution in [1.82, 2.24) is 25.6 Å². The van der Waals surface area contributed by atoms with Crippen molar-refractivity contribution < 1.29 is 14.4 Å². The van der Waals surface area contributed by atoms with Gasteiger partial charge in [0.25, 0.3) is 5.91 Å². The highest BCUT2D eigenvalue weighted by molar-refractivity contribution is 7.13. The second kappa shape index (κ2) is 13.5. The van der Waals surface area contributed by atoms with Gasteiger partial charge in [-0.2, -0.15) is 0 Å². The smallest absolute Gasteiger partial charge is 0.252 e. The minimum absolute atomic E-state index is 0.241. The topological polar surface area (TPSA) is 114 Å². The van der Waals surface area contributed by atoms with Gasteiger partial charge in [-0.05, 0) is 31.0 Å². The first-order valence-electron chi connectivity index (χ1n) is 12.8. The highest BCUT2D eigenvalue weighted by Crippen LogP contribution is 2.23. The number of benzene rings is 2. The third-order valence-corrected chi connectivity index (χ3v) is 7.15.